The summed E-state index contributed by atoms with van der Waals surface area (Å²) in [5.74, 6) is 2.27. The summed E-state index contributed by atoms with van der Waals surface area (Å²) in [7, 11) is 1.65. The summed E-state index contributed by atoms with van der Waals surface area (Å²) in [5, 5.41) is 9.10. The number of ether oxygens (including phenoxy) is 1. The normalized spacial score (nSPS) is 11.9. The molecule has 1 aromatic heterocycles. The molecule has 5 nitrogen and oxygen atoms in total. The highest BCUT2D eigenvalue weighted by Crippen LogP contribution is 2.24. The third-order valence-electron chi connectivity index (χ3n) is 3.62. The van der Waals surface area contributed by atoms with Crippen LogP contribution in [0.15, 0.2) is 34.9 Å². The van der Waals surface area contributed by atoms with Gasteiger partial charge in [0, 0.05) is 25.3 Å². The number of hydrogen-bond acceptors (Lipinski definition) is 5. The van der Waals surface area contributed by atoms with Gasteiger partial charge in [0.15, 0.2) is 5.76 Å². The number of methoxy groups -OCH3 is 1. The number of oxazole rings is 1. The molecule has 1 aromatic carbocycles. The van der Waals surface area contributed by atoms with E-state index in [0.29, 0.717) is 12.4 Å². The summed E-state index contributed by atoms with van der Waals surface area (Å²) in [6.07, 6.45) is 2.51. The van der Waals surface area contributed by atoms with E-state index in [1.165, 1.54) is 0 Å². The van der Waals surface area contributed by atoms with Crippen molar-refractivity contribution in [3.8, 4) is 17.1 Å². The molecule has 0 aliphatic heterocycles. The number of aromatic nitrogens is 1. The number of nitrogens with zero attached hydrogens (tertiary/aromatic N) is 2. The first-order valence-electron chi connectivity index (χ1n) is 8.33. The minimum absolute atomic E-state index is 0.181. The van der Waals surface area contributed by atoms with Crippen LogP contribution in [0, 0.1) is 5.41 Å². The maximum Gasteiger partial charge on any atom is 0.209 e. The van der Waals surface area contributed by atoms with Crippen LogP contribution in [0.25, 0.3) is 11.3 Å². The van der Waals surface area contributed by atoms with Crippen LogP contribution in [0.1, 0.15) is 33.1 Å². The summed E-state index contributed by atoms with van der Waals surface area (Å²) in [6.45, 7) is 9.21. The first-order valence-corrected chi connectivity index (χ1v) is 8.33. The monoisotopic (exact) mass is 332 g/mol. The van der Waals surface area contributed by atoms with Gasteiger partial charge in [0.1, 0.15) is 5.75 Å². The third-order valence-corrected chi connectivity index (χ3v) is 3.62. The Bertz CT molecular complexity index is 614. The smallest absolute Gasteiger partial charge is 0.209 e. The van der Waals surface area contributed by atoms with E-state index in [1.54, 1.807) is 13.3 Å². The number of rotatable bonds is 8. The zero-order chi connectivity index (χ0) is 17.6. The fourth-order valence-corrected chi connectivity index (χ4v) is 2.64. The Hall–Kier alpha value is -1.85. The lowest BCUT2D eigenvalue weighted by atomic mass is 9.96. The van der Waals surface area contributed by atoms with Gasteiger partial charge in [0.25, 0.3) is 0 Å². The first kappa shape index (κ1) is 18.5. The van der Waals surface area contributed by atoms with Crippen molar-refractivity contribution in [2.24, 2.45) is 5.41 Å². The van der Waals surface area contributed by atoms with Crippen molar-refractivity contribution in [1.29, 1.82) is 0 Å². The Balaban J connectivity index is 2.06. The van der Waals surface area contributed by atoms with Crippen molar-refractivity contribution < 1.29 is 14.3 Å². The van der Waals surface area contributed by atoms with Crippen LogP contribution in [0.5, 0.6) is 5.75 Å². The molecule has 24 heavy (non-hydrogen) atoms. The number of aliphatic hydroxyl groups is 1. The van der Waals surface area contributed by atoms with E-state index in [9.17, 15) is 0 Å². The largest absolute Gasteiger partial charge is 0.497 e. The summed E-state index contributed by atoms with van der Waals surface area (Å²) >= 11 is 0. The predicted molar refractivity (Wildman–Crippen MR) is 94.9 cm³/mol. The fraction of sp³-hybridized carbons (Fsp3) is 0.526. The Morgan fingerprint density at radius 3 is 2.50 bits per heavy atom. The van der Waals surface area contributed by atoms with Crippen LogP contribution in [0.3, 0.4) is 0 Å². The van der Waals surface area contributed by atoms with Gasteiger partial charge in [-0.3, -0.25) is 4.90 Å². The van der Waals surface area contributed by atoms with Gasteiger partial charge in [0.2, 0.25) is 5.89 Å². The van der Waals surface area contributed by atoms with Crippen LogP contribution in [0.2, 0.25) is 0 Å². The molecule has 0 aliphatic carbocycles. The lowest BCUT2D eigenvalue weighted by molar-refractivity contribution is 0.155. The molecule has 1 N–H and O–H groups in total. The molecule has 0 bridgehead atoms. The van der Waals surface area contributed by atoms with Crippen molar-refractivity contribution >= 4 is 0 Å². The van der Waals surface area contributed by atoms with E-state index in [-0.39, 0.29) is 12.0 Å². The summed E-state index contributed by atoms with van der Waals surface area (Å²) in [6, 6.07) is 7.74. The molecule has 0 saturated carbocycles. The highest BCUT2D eigenvalue weighted by Gasteiger charge is 2.18. The SMILES string of the molecule is COc1ccc(-c2cnc(CN(CCCO)CC(C)(C)C)o2)cc1. The molecule has 5 heteroatoms. The van der Waals surface area contributed by atoms with Gasteiger partial charge in [-0.1, -0.05) is 20.8 Å². The Kier molecular flexibility index (Phi) is 6.40. The zero-order valence-electron chi connectivity index (χ0n) is 15.1. The average Bonchev–Trinajstić information content (AvgIpc) is 3.00. The lowest BCUT2D eigenvalue weighted by Crippen LogP contribution is -2.33. The molecule has 0 fully saturated rings. The second-order valence-corrected chi connectivity index (χ2v) is 7.20. The predicted octanol–water partition coefficient (Wildman–Crippen LogP) is 3.58. The highest BCUT2D eigenvalue weighted by atomic mass is 16.5. The molecule has 0 amide bonds. The van der Waals surface area contributed by atoms with Crippen molar-refractivity contribution in [3.63, 3.8) is 0 Å². The number of benzene rings is 1. The van der Waals surface area contributed by atoms with Gasteiger partial charge in [-0.15, -0.1) is 0 Å². The lowest BCUT2D eigenvalue weighted by Gasteiger charge is -2.28. The standard InChI is InChI=1S/C19H28N2O3/c1-19(2,3)14-21(10-5-11-22)13-18-20-12-17(24-18)15-6-8-16(23-4)9-7-15/h6-9,12,22H,5,10-11,13-14H2,1-4H3. The maximum atomic E-state index is 9.10. The van der Waals surface area contributed by atoms with Gasteiger partial charge < -0.3 is 14.3 Å². The van der Waals surface area contributed by atoms with Crippen LogP contribution in [-0.2, 0) is 6.54 Å². The molecule has 0 atom stereocenters. The van der Waals surface area contributed by atoms with Gasteiger partial charge >= 0.3 is 0 Å². The van der Waals surface area contributed by atoms with Crippen LogP contribution >= 0.6 is 0 Å². The minimum atomic E-state index is 0.181. The Labute approximate surface area is 144 Å². The van der Waals surface area contributed by atoms with Gasteiger partial charge in [-0.25, -0.2) is 4.98 Å². The second kappa shape index (κ2) is 8.31. The molecule has 2 aromatic rings. The Morgan fingerprint density at radius 1 is 1.21 bits per heavy atom. The van der Waals surface area contributed by atoms with E-state index in [0.717, 1.165) is 36.6 Å². The van der Waals surface area contributed by atoms with E-state index >= 15 is 0 Å². The molecule has 132 valence electrons. The highest BCUT2D eigenvalue weighted by molar-refractivity contribution is 5.57. The van der Waals surface area contributed by atoms with Gasteiger partial charge in [0.05, 0.1) is 19.9 Å². The van der Waals surface area contributed by atoms with Crippen LogP contribution < -0.4 is 4.74 Å². The molecule has 0 radical (unpaired) electrons. The molecule has 1 heterocycles. The van der Waals surface area contributed by atoms with Crippen molar-refractivity contribution in [1.82, 2.24) is 9.88 Å². The maximum absolute atomic E-state index is 9.10. The Morgan fingerprint density at radius 2 is 1.92 bits per heavy atom. The zero-order valence-corrected chi connectivity index (χ0v) is 15.1. The minimum Gasteiger partial charge on any atom is -0.497 e. The molecule has 0 saturated heterocycles. The topological polar surface area (TPSA) is 58.7 Å². The van der Waals surface area contributed by atoms with Crippen molar-refractivity contribution in [3.05, 3.63) is 36.4 Å². The van der Waals surface area contributed by atoms with E-state index in [2.05, 4.69) is 30.7 Å². The van der Waals surface area contributed by atoms with Gasteiger partial charge in [-0.05, 0) is 36.1 Å². The summed E-state index contributed by atoms with van der Waals surface area (Å²) in [5.41, 5.74) is 1.16. The first-order chi connectivity index (χ1) is 11.4. The molecule has 2 rings (SSSR count). The molecule has 0 spiro atoms. The average molecular weight is 332 g/mol. The molecular formula is C19H28N2O3. The molecule has 0 aliphatic rings. The quantitative estimate of drug-likeness (QED) is 0.800. The summed E-state index contributed by atoms with van der Waals surface area (Å²) in [4.78, 5) is 6.69. The molecule has 0 unspecified atom stereocenters. The second-order valence-electron chi connectivity index (χ2n) is 7.20. The molecular weight excluding hydrogens is 304 g/mol. The number of aliphatic hydroxyl groups excluding tert-OH is 1. The van der Waals surface area contributed by atoms with Crippen molar-refractivity contribution in [2.75, 3.05) is 26.8 Å². The van der Waals surface area contributed by atoms with Crippen molar-refractivity contribution in [2.45, 2.75) is 33.7 Å². The van der Waals surface area contributed by atoms with E-state index in [1.807, 2.05) is 24.3 Å². The van der Waals surface area contributed by atoms with Crippen LogP contribution in [0.4, 0.5) is 0 Å². The van der Waals surface area contributed by atoms with E-state index in [4.69, 9.17) is 14.3 Å². The fourth-order valence-electron chi connectivity index (χ4n) is 2.64. The number of hydrogen-bond donors (Lipinski definition) is 1. The van der Waals surface area contributed by atoms with Gasteiger partial charge in [-0.2, -0.15) is 0 Å². The van der Waals surface area contributed by atoms with Crippen LogP contribution in [-0.4, -0.2) is 41.8 Å². The summed E-state index contributed by atoms with van der Waals surface area (Å²) < 4.78 is 11.1. The third kappa shape index (κ3) is 5.65. The van der Waals surface area contributed by atoms with E-state index < -0.39 is 0 Å².